The molecule has 1 saturated heterocycles. The van der Waals surface area contributed by atoms with Crippen LogP contribution in [0.5, 0.6) is 0 Å². The smallest absolute Gasteiger partial charge is 0.270 e. The lowest BCUT2D eigenvalue weighted by atomic mass is 10.1. The Morgan fingerprint density at radius 1 is 1.42 bits per heavy atom. The molecule has 1 aromatic rings. The second-order valence-corrected chi connectivity index (χ2v) is 6.13. The first kappa shape index (κ1) is 13.9. The highest BCUT2D eigenvalue weighted by atomic mass is 32.2. The van der Waals surface area contributed by atoms with E-state index in [2.05, 4.69) is 10.0 Å². The largest absolute Gasteiger partial charge is 0.315 e. The monoisotopic (exact) mass is 285 g/mol. The van der Waals surface area contributed by atoms with Crippen LogP contribution in [0.2, 0.25) is 0 Å². The first-order valence-corrected chi connectivity index (χ1v) is 7.45. The number of non-ortho nitro benzene ring substituents is 1. The van der Waals surface area contributed by atoms with Crippen LogP contribution >= 0.6 is 0 Å². The van der Waals surface area contributed by atoms with Gasteiger partial charge in [0.05, 0.1) is 9.82 Å². The lowest BCUT2D eigenvalue weighted by molar-refractivity contribution is -0.385. The van der Waals surface area contributed by atoms with Crippen LogP contribution in [0.25, 0.3) is 0 Å². The van der Waals surface area contributed by atoms with Crippen molar-refractivity contribution in [2.45, 2.75) is 23.8 Å². The summed E-state index contributed by atoms with van der Waals surface area (Å²) in [4.78, 5) is 9.96. The lowest BCUT2D eigenvalue weighted by Gasteiger charge is -2.23. The molecule has 0 radical (unpaired) electrons. The molecule has 1 aliphatic rings. The second-order valence-electron chi connectivity index (χ2n) is 4.42. The summed E-state index contributed by atoms with van der Waals surface area (Å²) in [5.74, 6) is 0. The molecule has 0 unspecified atom stereocenters. The Hall–Kier alpha value is -1.51. The van der Waals surface area contributed by atoms with Crippen LogP contribution in [0.4, 0.5) is 5.69 Å². The molecule has 1 heterocycles. The first-order valence-electron chi connectivity index (χ1n) is 5.96. The molecule has 1 aromatic carbocycles. The number of hydrogen-bond donors (Lipinski definition) is 2. The van der Waals surface area contributed by atoms with Gasteiger partial charge in [0.2, 0.25) is 10.0 Å². The Labute approximate surface area is 111 Å². The molecule has 0 saturated carbocycles. The Morgan fingerprint density at radius 3 is 2.84 bits per heavy atom. The highest BCUT2D eigenvalue weighted by molar-refractivity contribution is 7.89. The van der Waals surface area contributed by atoms with Crippen LogP contribution in [-0.4, -0.2) is 32.5 Å². The molecule has 2 rings (SSSR count). The molecule has 0 spiro atoms. The van der Waals surface area contributed by atoms with E-state index in [0.29, 0.717) is 6.54 Å². The number of nitro benzene ring substituents is 1. The highest BCUT2D eigenvalue weighted by Gasteiger charge is 2.23. The third-order valence-electron chi connectivity index (χ3n) is 2.96. The van der Waals surface area contributed by atoms with E-state index in [9.17, 15) is 18.5 Å². The zero-order chi connectivity index (χ0) is 13.9. The summed E-state index contributed by atoms with van der Waals surface area (Å²) < 4.78 is 26.8. The predicted octanol–water partition coefficient (Wildman–Crippen LogP) is 0.625. The molecule has 0 aliphatic carbocycles. The lowest BCUT2D eigenvalue weighted by Crippen LogP contribution is -2.45. The van der Waals surface area contributed by atoms with E-state index >= 15 is 0 Å². The third kappa shape index (κ3) is 3.49. The van der Waals surface area contributed by atoms with Crippen LogP contribution in [-0.2, 0) is 10.0 Å². The minimum atomic E-state index is -3.71. The first-order chi connectivity index (χ1) is 8.99. The highest BCUT2D eigenvalue weighted by Crippen LogP contribution is 2.18. The summed E-state index contributed by atoms with van der Waals surface area (Å²) in [7, 11) is -3.71. The standard InChI is InChI=1S/C11H15N3O4S/c15-14(16)10-4-1-5-11(7-10)19(17,18)13-9-3-2-6-12-8-9/h1,4-5,7,9,12-13H,2-3,6,8H2/t9-/m1/s1. The van der Waals surface area contributed by atoms with Crippen molar-refractivity contribution in [3.05, 3.63) is 34.4 Å². The molecular weight excluding hydrogens is 270 g/mol. The molecule has 2 N–H and O–H groups in total. The number of sulfonamides is 1. The molecule has 0 aromatic heterocycles. The summed E-state index contributed by atoms with van der Waals surface area (Å²) in [6.45, 7) is 1.46. The van der Waals surface area contributed by atoms with Gasteiger partial charge in [-0.3, -0.25) is 10.1 Å². The fourth-order valence-electron chi connectivity index (χ4n) is 2.00. The van der Waals surface area contributed by atoms with Crippen molar-refractivity contribution in [1.29, 1.82) is 0 Å². The average molecular weight is 285 g/mol. The molecule has 0 amide bonds. The van der Waals surface area contributed by atoms with Crippen molar-refractivity contribution in [3.8, 4) is 0 Å². The fraction of sp³-hybridized carbons (Fsp3) is 0.455. The molecule has 104 valence electrons. The van der Waals surface area contributed by atoms with Crippen molar-refractivity contribution in [2.75, 3.05) is 13.1 Å². The number of piperidine rings is 1. The number of nitrogens with zero attached hydrogens (tertiary/aromatic N) is 1. The summed E-state index contributed by atoms with van der Waals surface area (Å²) in [5, 5.41) is 13.8. The van der Waals surface area contributed by atoms with Gasteiger partial charge in [0.25, 0.3) is 5.69 Å². The van der Waals surface area contributed by atoms with Crippen LogP contribution < -0.4 is 10.0 Å². The fourth-order valence-corrected chi connectivity index (χ4v) is 3.31. The summed E-state index contributed by atoms with van der Waals surface area (Å²) in [5.41, 5.74) is -0.232. The van der Waals surface area contributed by atoms with Gasteiger partial charge in [-0.2, -0.15) is 0 Å². The number of nitrogens with one attached hydrogen (secondary N) is 2. The summed E-state index contributed by atoms with van der Waals surface area (Å²) >= 11 is 0. The minimum Gasteiger partial charge on any atom is -0.315 e. The Morgan fingerprint density at radius 2 is 2.21 bits per heavy atom. The summed E-state index contributed by atoms with van der Waals surface area (Å²) in [6.07, 6.45) is 1.67. The van der Waals surface area contributed by atoms with Gasteiger partial charge in [-0.1, -0.05) is 6.07 Å². The van der Waals surface area contributed by atoms with Gasteiger partial charge < -0.3 is 5.32 Å². The summed E-state index contributed by atoms with van der Waals surface area (Å²) in [6, 6.07) is 4.88. The zero-order valence-corrected chi connectivity index (χ0v) is 11.0. The Bertz CT molecular complexity index is 567. The molecule has 19 heavy (non-hydrogen) atoms. The predicted molar refractivity (Wildman–Crippen MR) is 69.3 cm³/mol. The molecule has 1 atom stereocenters. The number of benzene rings is 1. The second kappa shape index (κ2) is 5.64. The van der Waals surface area contributed by atoms with Crippen molar-refractivity contribution in [1.82, 2.24) is 10.0 Å². The van der Waals surface area contributed by atoms with E-state index in [1.807, 2.05) is 0 Å². The van der Waals surface area contributed by atoms with E-state index in [1.54, 1.807) is 0 Å². The normalized spacial score (nSPS) is 20.1. The topological polar surface area (TPSA) is 101 Å². The Balaban J connectivity index is 2.18. The average Bonchev–Trinajstić information content (AvgIpc) is 2.39. The molecule has 8 heteroatoms. The van der Waals surface area contributed by atoms with E-state index in [-0.39, 0.29) is 16.6 Å². The van der Waals surface area contributed by atoms with Gasteiger partial charge in [-0.25, -0.2) is 13.1 Å². The Kier molecular flexibility index (Phi) is 4.13. The maximum absolute atomic E-state index is 12.1. The van der Waals surface area contributed by atoms with Gasteiger partial charge in [0, 0.05) is 24.7 Å². The van der Waals surface area contributed by atoms with Crippen molar-refractivity contribution in [2.24, 2.45) is 0 Å². The third-order valence-corrected chi connectivity index (χ3v) is 4.48. The van der Waals surface area contributed by atoms with E-state index in [0.717, 1.165) is 25.5 Å². The van der Waals surface area contributed by atoms with Crippen LogP contribution in [0.1, 0.15) is 12.8 Å². The van der Waals surface area contributed by atoms with Crippen LogP contribution in [0, 0.1) is 10.1 Å². The van der Waals surface area contributed by atoms with Crippen LogP contribution in [0.15, 0.2) is 29.2 Å². The molecule has 1 aliphatic heterocycles. The van der Waals surface area contributed by atoms with E-state index in [4.69, 9.17) is 0 Å². The van der Waals surface area contributed by atoms with E-state index in [1.165, 1.54) is 18.2 Å². The van der Waals surface area contributed by atoms with Gasteiger partial charge >= 0.3 is 0 Å². The van der Waals surface area contributed by atoms with Crippen LogP contribution in [0.3, 0.4) is 0 Å². The van der Waals surface area contributed by atoms with Gasteiger partial charge in [-0.15, -0.1) is 0 Å². The molecular formula is C11H15N3O4S. The maximum Gasteiger partial charge on any atom is 0.270 e. The van der Waals surface area contributed by atoms with Gasteiger partial charge in [-0.05, 0) is 25.5 Å². The molecule has 7 nitrogen and oxygen atoms in total. The number of nitro groups is 1. The zero-order valence-electron chi connectivity index (χ0n) is 10.2. The van der Waals surface area contributed by atoms with Crippen molar-refractivity contribution < 1.29 is 13.3 Å². The minimum absolute atomic E-state index is 0.0766. The number of hydrogen-bond acceptors (Lipinski definition) is 5. The van der Waals surface area contributed by atoms with Gasteiger partial charge in [0.1, 0.15) is 0 Å². The molecule has 0 bridgehead atoms. The maximum atomic E-state index is 12.1. The quantitative estimate of drug-likeness (QED) is 0.624. The molecule has 1 fully saturated rings. The van der Waals surface area contributed by atoms with Crippen molar-refractivity contribution >= 4 is 15.7 Å². The van der Waals surface area contributed by atoms with Crippen molar-refractivity contribution in [3.63, 3.8) is 0 Å². The van der Waals surface area contributed by atoms with Gasteiger partial charge in [0.15, 0.2) is 0 Å². The number of rotatable bonds is 4. The SMILES string of the molecule is O=[N+]([O-])c1cccc(S(=O)(=O)N[C@@H]2CCCNC2)c1. The van der Waals surface area contributed by atoms with E-state index < -0.39 is 14.9 Å².